The van der Waals surface area contributed by atoms with Crippen LogP contribution in [0, 0.1) is 5.82 Å². The van der Waals surface area contributed by atoms with E-state index in [0.29, 0.717) is 16.1 Å². The minimum atomic E-state index is -0.448. The maximum atomic E-state index is 13.8. The highest BCUT2D eigenvalue weighted by atomic mass is 35.5. The lowest BCUT2D eigenvalue weighted by atomic mass is 9.97. The highest BCUT2D eigenvalue weighted by molar-refractivity contribution is 6.30. The Morgan fingerprint density at radius 2 is 1.76 bits per heavy atom. The Balaban J connectivity index is 1.97. The summed E-state index contributed by atoms with van der Waals surface area (Å²) < 4.78 is 13.8. The third kappa shape index (κ3) is 2.81. The number of rotatable bonds is 3. The molecule has 3 rings (SSSR count). The number of benzene rings is 3. The molecule has 3 heteroatoms. The summed E-state index contributed by atoms with van der Waals surface area (Å²) in [6.07, 6.45) is 0.0248. The molecular formula is C18H12ClFO. The van der Waals surface area contributed by atoms with Crippen LogP contribution < -0.4 is 0 Å². The molecule has 0 aliphatic carbocycles. The van der Waals surface area contributed by atoms with Crippen molar-refractivity contribution in [2.45, 2.75) is 6.42 Å². The zero-order valence-electron chi connectivity index (χ0n) is 11.1. The largest absolute Gasteiger partial charge is 0.294 e. The molecule has 0 amide bonds. The van der Waals surface area contributed by atoms with E-state index in [4.69, 9.17) is 11.6 Å². The summed E-state index contributed by atoms with van der Waals surface area (Å²) in [6, 6.07) is 17.6. The number of Topliss-reactive ketones (excluding diaryl/α,β-unsaturated/α-hetero) is 1. The lowest BCUT2D eigenvalue weighted by Crippen LogP contribution is -2.06. The van der Waals surface area contributed by atoms with E-state index in [1.54, 1.807) is 18.2 Å². The number of carbonyl (C=O) groups is 1. The van der Waals surface area contributed by atoms with Crippen LogP contribution in [0.5, 0.6) is 0 Å². The minimum absolute atomic E-state index is 0.0248. The molecule has 0 heterocycles. The molecule has 0 aliphatic rings. The molecule has 3 aromatic rings. The first kappa shape index (κ1) is 13.8. The molecule has 21 heavy (non-hydrogen) atoms. The van der Waals surface area contributed by atoms with E-state index in [2.05, 4.69) is 0 Å². The van der Waals surface area contributed by atoms with Gasteiger partial charge in [-0.3, -0.25) is 4.79 Å². The second-order valence-corrected chi connectivity index (χ2v) is 5.30. The van der Waals surface area contributed by atoms with Crippen molar-refractivity contribution in [1.82, 2.24) is 0 Å². The van der Waals surface area contributed by atoms with E-state index in [-0.39, 0.29) is 12.2 Å². The summed E-state index contributed by atoms with van der Waals surface area (Å²) in [5.41, 5.74) is 0.972. The third-order valence-electron chi connectivity index (χ3n) is 3.46. The smallest absolute Gasteiger partial charge is 0.167 e. The molecule has 0 bridgehead atoms. The normalized spacial score (nSPS) is 10.8. The van der Waals surface area contributed by atoms with Crippen molar-refractivity contribution < 1.29 is 9.18 Å². The van der Waals surface area contributed by atoms with Gasteiger partial charge in [-0.15, -0.1) is 0 Å². The molecule has 0 aliphatic heterocycles. The van der Waals surface area contributed by atoms with Crippen LogP contribution in [0.25, 0.3) is 10.8 Å². The monoisotopic (exact) mass is 298 g/mol. The Hall–Kier alpha value is -2.19. The predicted octanol–water partition coefficient (Wildman–Crippen LogP) is 5.06. The van der Waals surface area contributed by atoms with Gasteiger partial charge in [0.15, 0.2) is 5.78 Å². The van der Waals surface area contributed by atoms with E-state index in [0.717, 1.165) is 10.8 Å². The van der Waals surface area contributed by atoms with Gasteiger partial charge in [-0.2, -0.15) is 0 Å². The SMILES string of the molecule is O=C(Cc1ccc(Cl)cc1F)c1cccc2ccccc12. The van der Waals surface area contributed by atoms with E-state index >= 15 is 0 Å². The van der Waals surface area contributed by atoms with Crippen LogP contribution in [0.3, 0.4) is 0 Å². The Morgan fingerprint density at radius 3 is 2.57 bits per heavy atom. The fourth-order valence-electron chi connectivity index (χ4n) is 2.40. The average Bonchev–Trinajstić information content (AvgIpc) is 2.49. The van der Waals surface area contributed by atoms with Crippen LogP contribution in [0.15, 0.2) is 60.7 Å². The lowest BCUT2D eigenvalue weighted by molar-refractivity contribution is 0.0993. The number of halogens is 2. The van der Waals surface area contributed by atoms with Gasteiger partial charge < -0.3 is 0 Å². The van der Waals surface area contributed by atoms with Gasteiger partial charge in [0, 0.05) is 17.0 Å². The Bertz CT molecular complexity index is 821. The quantitative estimate of drug-likeness (QED) is 0.618. The van der Waals surface area contributed by atoms with Gasteiger partial charge >= 0.3 is 0 Å². The molecule has 1 nitrogen and oxygen atoms in total. The van der Waals surface area contributed by atoms with Crippen LogP contribution in [0.1, 0.15) is 15.9 Å². The summed E-state index contributed by atoms with van der Waals surface area (Å²) in [6.45, 7) is 0. The first-order valence-corrected chi connectivity index (χ1v) is 6.98. The number of hydrogen-bond acceptors (Lipinski definition) is 1. The van der Waals surface area contributed by atoms with Gasteiger partial charge in [-0.05, 0) is 28.5 Å². The molecule has 0 radical (unpaired) electrons. The van der Waals surface area contributed by atoms with E-state index < -0.39 is 5.82 Å². The average molecular weight is 299 g/mol. The molecule has 0 fully saturated rings. The van der Waals surface area contributed by atoms with Crippen molar-refractivity contribution in [3.05, 3.63) is 82.6 Å². The molecule has 0 N–H and O–H groups in total. The molecule has 0 aromatic heterocycles. The zero-order chi connectivity index (χ0) is 14.8. The summed E-state index contributed by atoms with van der Waals surface area (Å²) in [7, 11) is 0. The summed E-state index contributed by atoms with van der Waals surface area (Å²) in [5, 5.41) is 2.22. The van der Waals surface area contributed by atoms with Gasteiger partial charge in [-0.25, -0.2) is 4.39 Å². The van der Waals surface area contributed by atoms with E-state index in [9.17, 15) is 9.18 Å². The molecule has 104 valence electrons. The van der Waals surface area contributed by atoms with Crippen LogP contribution in [0.2, 0.25) is 5.02 Å². The van der Waals surface area contributed by atoms with Gasteiger partial charge in [0.25, 0.3) is 0 Å². The van der Waals surface area contributed by atoms with Crippen molar-refractivity contribution >= 4 is 28.2 Å². The molecule has 0 unspecified atom stereocenters. The first-order chi connectivity index (χ1) is 10.1. The highest BCUT2D eigenvalue weighted by Crippen LogP contribution is 2.21. The number of fused-ring (bicyclic) bond motifs is 1. The molecular weight excluding hydrogens is 287 g/mol. The molecule has 0 spiro atoms. The second-order valence-electron chi connectivity index (χ2n) is 4.86. The lowest BCUT2D eigenvalue weighted by Gasteiger charge is -2.07. The predicted molar refractivity (Wildman–Crippen MR) is 83.4 cm³/mol. The topological polar surface area (TPSA) is 17.1 Å². The van der Waals surface area contributed by atoms with E-state index in [1.165, 1.54) is 6.07 Å². The summed E-state index contributed by atoms with van der Waals surface area (Å²) in [5.74, 6) is -0.552. The number of hydrogen-bond donors (Lipinski definition) is 0. The fourth-order valence-corrected chi connectivity index (χ4v) is 2.56. The van der Waals surface area contributed by atoms with Gasteiger partial charge in [0.05, 0.1) is 0 Å². The van der Waals surface area contributed by atoms with Gasteiger partial charge in [0.1, 0.15) is 5.82 Å². The fraction of sp³-hybridized carbons (Fsp3) is 0.0556. The Morgan fingerprint density at radius 1 is 1.00 bits per heavy atom. The van der Waals surface area contributed by atoms with Crippen LogP contribution >= 0.6 is 11.6 Å². The maximum Gasteiger partial charge on any atom is 0.167 e. The standard InChI is InChI=1S/C18H12ClFO/c19-14-9-8-13(17(20)11-14)10-18(21)16-7-3-5-12-4-1-2-6-15(12)16/h1-9,11H,10H2. The van der Waals surface area contributed by atoms with Gasteiger partial charge in [-0.1, -0.05) is 60.1 Å². The minimum Gasteiger partial charge on any atom is -0.294 e. The molecule has 0 atom stereocenters. The molecule has 0 saturated heterocycles. The number of ketones is 1. The maximum absolute atomic E-state index is 13.8. The van der Waals surface area contributed by atoms with Gasteiger partial charge in [0.2, 0.25) is 0 Å². The zero-order valence-corrected chi connectivity index (χ0v) is 11.9. The van der Waals surface area contributed by atoms with Crippen LogP contribution in [-0.4, -0.2) is 5.78 Å². The third-order valence-corrected chi connectivity index (χ3v) is 3.69. The summed E-state index contributed by atoms with van der Waals surface area (Å²) in [4.78, 5) is 12.5. The van der Waals surface area contributed by atoms with Crippen LogP contribution in [0.4, 0.5) is 4.39 Å². The van der Waals surface area contributed by atoms with Crippen molar-refractivity contribution in [3.63, 3.8) is 0 Å². The van der Waals surface area contributed by atoms with Crippen molar-refractivity contribution in [1.29, 1.82) is 0 Å². The van der Waals surface area contributed by atoms with Crippen molar-refractivity contribution in [2.24, 2.45) is 0 Å². The van der Waals surface area contributed by atoms with Crippen molar-refractivity contribution in [3.8, 4) is 0 Å². The van der Waals surface area contributed by atoms with Crippen LogP contribution in [-0.2, 0) is 6.42 Å². The molecule has 3 aromatic carbocycles. The Labute approximate surface area is 127 Å². The van der Waals surface area contributed by atoms with E-state index in [1.807, 2.05) is 36.4 Å². The van der Waals surface area contributed by atoms with Crippen molar-refractivity contribution in [2.75, 3.05) is 0 Å². The molecule has 0 saturated carbocycles. The Kier molecular flexibility index (Phi) is 3.72. The first-order valence-electron chi connectivity index (χ1n) is 6.60. The second kappa shape index (κ2) is 5.66. The highest BCUT2D eigenvalue weighted by Gasteiger charge is 2.13. The number of carbonyl (C=O) groups excluding carboxylic acids is 1. The summed E-state index contributed by atoms with van der Waals surface area (Å²) >= 11 is 5.72.